The summed E-state index contributed by atoms with van der Waals surface area (Å²) in [5.41, 5.74) is 3.07. The van der Waals surface area contributed by atoms with Crippen LogP contribution in [0.3, 0.4) is 0 Å². The van der Waals surface area contributed by atoms with E-state index in [2.05, 4.69) is 114 Å². The topological polar surface area (TPSA) is 6.48 Å². The SMILES string of the molecule is CN(C)Cc1c([Si](C)(C)C)cc[c-]1CN(C)C.C[Si](C)(C)c1cc[cH-]c1.[Fe+2]. The first-order valence-corrected chi connectivity index (χ1v) is 16.6. The molecule has 2 aromatic rings. The molecule has 0 saturated heterocycles. The molecule has 0 heterocycles. The van der Waals surface area contributed by atoms with Crippen molar-refractivity contribution in [1.82, 2.24) is 9.80 Å². The van der Waals surface area contributed by atoms with Gasteiger partial charge in [0.25, 0.3) is 0 Å². The van der Waals surface area contributed by atoms with E-state index in [1.165, 1.54) is 5.56 Å². The van der Waals surface area contributed by atoms with Gasteiger partial charge in [-0.05, 0) is 41.3 Å². The van der Waals surface area contributed by atoms with Crippen molar-refractivity contribution in [2.24, 2.45) is 0 Å². The van der Waals surface area contributed by atoms with Crippen LogP contribution in [0.25, 0.3) is 0 Å². The molecule has 27 heavy (non-hydrogen) atoms. The summed E-state index contributed by atoms with van der Waals surface area (Å²) in [6.45, 7) is 16.5. The van der Waals surface area contributed by atoms with E-state index in [0.717, 1.165) is 13.1 Å². The van der Waals surface area contributed by atoms with Gasteiger partial charge in [-0.15, -0.1) is 11.1 Å². The average molecular weight is 445 g/mol. The summed E-state index contributed by atoms with van der Waals surface area (Å²) in [6, 6.07) is 13.4. The molecule has 0 radical (unpaired) electrons. The van der Waals surface area contributed by atoms with Gasteiger partial charge in [0.15, 0.2) is 0 Å². The second-order valence-corrected chi connectivity index (χ2v) is 20.0. The predicted octanol–water partition coefficient (Wildman–Crippen LogP) is 4.02. The Morgan fingerprint density at radius 2 is 1.48 bits per heavy atom. The van der Waals surface area contributed by atoms with Gasteiger partial charge in [0.2, 0.25) is 0 Å². The van der Waals surface area contributed by atoms with Crippen molar-refractivity contribution in [3.05, 3.63) is 47.5 Å². The van der Waals surface area contributed by atoms with Crippen LogP contribution in [0.5, 0.6) is 0 Å². The normalized spacial score (nSPS) is 12.0. The molecule has 0 atom stereocenters. The summed E-state index contributed by atoms with van der Waals surface area (Å²) in [4.78, 5) is 4.53. The van der Waals surface area contributed by atoms with Crippen LogP contribution in [-0.4, -0.2) is 54.1 Å². The summed E-state index contributed by atoms with van der Waals surface area (Å²) < 4.78 is 0. The smallest absolute Gasteiger partial charge is 0.316 e. The van der Waals surface area contributed by atoms with Crippen molar-refractivity contribution in [1.29, 1.82) is 0 Å². The fourth-order valence-electron chi connectivity index (χ4n) is 3.13. The van der Waals surface area contributed by atoms with Crippen LogP contribution in [0.1, 0.15) is 11.1 Å². The molecule has 5 heteroatoms. The van der Waals surface area contributed by atoms with Crippen LogP contribution in [0.4, 0.5) is 0 Å². The van der Waals surface area contributed by atoms with Crippen LogP contribution in [-0.2, 0) is 30.2 Å². The van der Waals surface area contributed by atoms with Gasteiger partial charge in [0, 0.05) is 16.1 Å². The summed E-state index contributed by atoms with van der Waals surface area (Å²) in [6.07, 6.45) is 0. The van der Waals surface area contributed by atoms with Crippen molar-refractivity contribution >= 4 is 26.5 Å². The second kappa shape index (κ2) is 10.9. The average Bonchev–Trinajstić information content (AvgIpc) is 3.07. The molecule has 0 aliphatic rings. The van der Waals surface area contributed by atoms with Crippen molar-refractivity contribution < 1.29 is 17.1 Å². The van der Waals surface area contributed by atoms with Crippen molar-refractivity contribution in [3.8, 4) is 0 Å². The minimum absolute atomic E-state index is 0. The van der Waals surface area contributed by atoms with Gasteiger partial charge in [-0.25, -0.2) is 17.3 Å². The maximum atomic E-state index is 2.43. The van der Waals surface area contributed by atoms with Gasteiger partial charge in [0.1, 0.15) is 0 Å². The van der Waals surface area contributed by atoms with Crippen LogP contribution in [0.2, 0.25) is 39.3 Å². The minimum Gasteiger partial charge on any atom is -0.316 e. The number of hydrogen-bond donors (Lipinski definition) is 0. The molecule has 0 fully saturated rings. The molecular formula is C22H40FeN2Si2. The quantitative estimate of drug-likeness (QED) is 0.491. The molecule has 2 rings (SSSR count). The zero-order valence-corrected chi connectivity index (χ0v) is 22.2. The van der Waals surface area contributed by atoms with Crippen LogP contribution in [0, 0.1) is 0 Å². The van der Waals surface area contributed by atoms with Gasteiger partial charge in [-0.2, -0.15) is 29.5 Å². The first-order chi connectivity index (χ1) is 11.8. The molecule has 2 aromatic carbocycles. The van der Waals surface area contributed by atoms with E-state index in [0.29, 0.717) is 0 Å². The van der Waals surface area contributed by atoms with E-state index >= 15 is 0 Å². The Kier molecular flexibility index (Phi) is 10.8. The second-order valence-electron chi connectivity index (χ2n) is 9.90. The van der Waals surface area contributed by atoms with E-state index in [9.17, 15) is 0 Å². The third-order valence-corrected chi connectivity index (χ3v) is 8.61. The van der Waals surface area contributed by atoms with Gasteiger partial charge in [-0.1, -0.05) is 39.3 Å². The van der Waals surface area contributed by atoms with Crippen LogP contribution in [0.15, 0.2) is 36.4 Å². The van der Waals surface area contributed by atoms with E-state index in [4.69, 9.17) is 0 Å². The maximum Gasteiger partial charge on any atom is 2.00 e. The number of hydrogen-bond acceptors (Lipinski definition) is 2. The zero-order valence-electron chi connectivity index (χ0n) is 19.1. The van der Waals surface area contributed by atoms with Gasteiger partial charge >= 0.3 is 17.1 Å². The molecule has 0 unspecified atom stereocenters. The van der Waals surface area contributed by atoms with Crippen molar-refractivity contribution in [2.45, 2.75) is 52.4 Å². The largest absolute Gasteiger partial charge is 2.00 e. The molecule has 0 aliphatic carbocycles. The molecular weight excluding hydrogens is 404 g/mol. The number of rotatable bonds is 6. The molecule has 0 aromatic heterocycles. The van der Waals surface area contributed by atoms with E-state index in [-0.39, 0.29) is 17.1 Å². The Morgan fingerprint density at radius 1 is 0.889 bits per heavy atom. The van der Waals surface area contributed by atoms with Gasteiger partial charge in [-0.3, -0.25) is 0 Å². The summed E-state index contributed by atoms with van der Waals surface area (Å²) in [5, 5.41) is 3.19. The van der Waals surface area contributed by atoms with Crippen molar-refractivity contribution in [3.63, 3.8) is 0 Å². The van der Waals surface area contributed by atoms with E-state index < -0.39 is 16.1 Å². The Labute approximate surface area is 181 Å². The summed E-state index contributed by atoms with van der Waals surface area (Å²) >= 11 is 0. The summed E-state index contributed by atoms with van der Waals surface area (Å²) in [5.74, 6) is 0. The van der Waals surface area contributed by atoms with Crippen molar-refractivity contribution in [2.75, 3.05) is 28.2 Å². The molecule has 154 valence electrons. The third-order valence-electron chi connectivity index (χ3n) is 4.46. The Hall–Kier alpha value is -0.427. The van der Waals surface area contributed by atoms with Crippen LogP contribution >= 0.6 is 0 Å². The fraction of sp³-hybridized carbons (Fsp3) is 0.545. The molecule has 0 saturated carbocycles. The van der Waals surface area contributed by atoms with Gasteiger partial charge in [0.05, 0.1) is 0 Å². The maximum absolute atomic E-state index is 2.43. The molecule has 2 nitrogen and oxygen atoms in total. The predicted molar refractivity (Wildman–Crippen MR) is 125 cm³/mol. The molecule has 0 bridgehead atoms. The fourth-order valence-corrected chi connectivity index (χ4v) is 6.05. The molecule has 0 spiro atoms. The Bertz CT molecular complexity index is 645. The third kappa shape index (κ3) is 9.07. The first-order valence-electron chi connectivity index (χ1n) is 9.62. The molecule has 0 amide bonds. The minimum atomic E-state index is -1.22. The molecule has 0 N–H and O–H groups in total. The number of nitrogens with zero attached hydrogens (tertiary/aromatic N) is 2. The molecule has 0 aliphatic heterocycles. The standard InChI is InChI=1S/C14H27N2Si.C8H13Si.Fe/c1-15(2)10-12-8-9-14(17(5,6)7)13(12)11-16(3)4;1-9(2,3)8-6-4-5-7-8;/h8-9H,10-11H2,1-7H3;4-7H,1-3H3;/q2*-1;+2. The van der Waals surface area contributed by atoms with Crippen LogP contribution < -0.4 is 10.4 Å². The Balaban J connectivity index is 0.000000572. The first kappa shape index (κ1) is 26.6. The Morgan fingerprint density at radius 3 is 1.81 bits per heavy atom. The zero-order chi connectivity index (χ0) is 20.1. The van der Waals surface area contributed by atoms with E-state index in [1.54, 1.807) is 15.9 Å². The van der Waals surface area contributed by atoms with Gasteiger partial charge < -0.3 is 9.80 Å². The monoisotopic (exact) mass is 444 g/mol. The van der Waals surface area contributed by atoms with E-state index in [1.807, 2.05) is 0 Å². The summed E-state index contributed by atoms with van der Waals surface area (Å²) in [7, 11) is 6.38.